The van der Waals surface area contributed by atoms with Crippen molar-refractivity contribution >= 4 is 11.7 Å². The molecule has 0 amide bonds. The van der Waals surface area contributed by atoms with Crippen LogP contribution in [0.2, 0.25) is 0 Å². The zero-order valence-electron chi connectivity index (χ0n) is 9.32. The Labute approximate surface area is 89.9 Å². The van der Waals surface area contributed by atoms with Crippen molar-refractivity contribution in [3.63, 3.8) is 0 Å². The van der Waals surface area contributed by atoms with Gasteiger partial charge in [0.05, 0.1) is 5.92 Å². The standard InChI is InChI=1S/C12H17NO2/c1-12(2,3)10(11(14)15)8-4-6-9(13)7-5-8/h4-7,10H,13H2,1-3H3,(H,14,15). The molecule has 15 heavy (non-hydrogen) atoms. The van der Waals surface area contributed by atoms with Crippen LogP contribution in [0.15, 0.2) is 24.3 Å². The van der Waals surface area contributed by atoms with Gasteiger partial charge in [-0.25, -0.2) is 0 Å². The Bertz CT molecular complexity index is 349. The van der Waals surface area contributed by atoms with E-state index in [4.69, 9.17) is 5.73 Å². The van der Waals surface area contributed by atoms with E-state index in [0.717, 1.165) is 5.56 Å². The lowest BCUT2D eigenvalue weighted by Crippen LogP contribution is -2.26. The topological polar surface area (TPSA) is 63.3 Å². The fourth-order valence-corrected chi connectivity index (χ4v) is 1.70. The molecule has 0 radical (unpaired) electrons. The molecule has 0 aliphatic carbocycles. The summed E-state index contributed by atoms with van der Waals surface area (Å²) in [4.78, 5) is 11.2. The van der Waals surface area contributed by atoms with Crippen LogP contribution in [0, 0.1) is 5.41 Å². The van der Waals surface area contributed by atoms with E-state index in [9.17, 15) is 9.90 Å². The lowest BCUT2D eigenvalue weighted by molar-refractivity contribution is -0.141. The molecule has 1 rings (SSSR count). The molecule has 0 fully saturated rings. The van der Waals surface area contributed by atoms with E-state index in [1.54, 1.807) is 24.3 Å². The maximum atomic E-state index is 11.2. The van der Waals surface area contributed by atoms with E-state index in [2.05, 4.69) is 0 Å². The van der Waals surface area contributed by atoms with Crippen LogP contribution in [-0.4, -0.2) is 11.1 Å². The van der Waals surface area contributed by atoms with E-state index in [1.165, 1.54) is 0 Å². The number of hydrogen-bond donors (Lipinski definition) is 2. The Hall–Kier alpha value is -1.51. The van der Waals surface area contributed by atoms with Gasteiger partial charge in [-0.05, 0) is 23.1 Å². The molecule has 1 unspecified atom stereocenters. The molecule has 1 aromatic carbocycles. The first-order valence-corrected chi connectivity index (χ1v) is 4.90. The molecule has 0 saturated carbocycles. The first kappa shape index (κ1) is 11.6. The number of carboxylic acids is 1. The normalized spacial score (nSPS) is 13.5. The molecule has 0 heterocycles. The minimum atomic E-state index is -0.799. The molecule has 0 saturated heterocycles. The summed E-state index contributed by atoms with van der Waals surface area (Å²) in [7, 11) is 0. The summed E-state index contributed by atoms with van der Waals surface area (Å²) >= 11 is 0. The summed E-state index contributed by atoms with van der Waals surface area (Å²) in [5.41, 5.74) is 6.71. The number of nitrogens with two attached hydrogens (primary N) is 1. The minimum absolute atomic E-state index is 0.304. The molecule has 0 spiro atoms. The number of carboxylic acid groups (broad SMARTS) is 1. The molecule has 3 nitrogen and oxygen atoms in total. The second-order valence-corrected chi connectivity index (χ2v) is 4.80. The van der Waals surface area contributed by atoms with Crippen molar-refractivity contribution in [2.24, 2.45) is 5.41 Å². The zero-order chi connectivity index (χ0) is 11.6. The van der Waals surface area contributed by atoms with E-state index in [-0.39, 0.29) is 5.41 Å². The highest BCUT2D eigenvalue weighted by atomic mass is 16.4. The third-order valence-corrected chi connectivity index (χ3v) is 2.38. The van der Waals surface area contributed by atoms with Crippen LogP contribution in [0.3, 0.4) is 0 Å². The summed E-state index contributed by atoms with van der Waals surface area (Å²) in [5.74, 6) is -1.30. The lowest BCUT2D eigenvalue weighted by Gasteiger charge is -2.27. The number of benzene rings is 1. The first-order chi connectivity index (χ1) is 6.82. The van der Waals surface area contributed by atoms with Crippen molar-refractivity contribution in [3.8, 4) is 0 Å². The van der Waals surface area contributed by atoms with Gasteiger partial charge in [0.2, 0.25) is 0 Å². The molecule has 0 aliphatic rings. The Morgan fingerprint density at radius 3 is 2.07 bits per heavy atom. The molecule has 0 aromatic heterocycles. The molecule has 3 N–H and O–H groups in total. The summed E-state index contributed by atoms with van der Waals surface area (Å²) in [5, 5.41) is 9.20. The summed E-state index contributed by atoms with van der Waals surface area (Å²) in [6, 6.07) is 7.02. The van der Waals surface area contributed by atoms with Gasteiger partial charge in [-0.15, -0.1) is 0 Å². The van der Waals surface area contributed by atoms with Gasteiger partial charge in [-0.3, -0.25) is 4.79 Å². The first-order valence-electron chi connectivity index (χ1n) is 4.90. The molecular weight excluding hydrogens is 190 g/mol. The SMILES string of the molecule is CC(C)(C)C(C(=O)O)c1ccc(N)cc1. The van der Waals surface area contributed by atoms with Crippen LogP contribution in [0.1, 0.15) is 32.3 Å². The van der Waals surface area contributed by atoms with Gasteiger partial charge in [-0.2, -0.15) is 0 Å². The van der Waals surface area contributed by atoms with E-state index in [1.807, 2.05) is 20.8 Å². The minimum Gasteiger partial charge on any atom is -0.481 e. The van der Waals surface area contributed by atoms with Crippen molar-refractivity contribution in [3.05, 3.63) is 29.8 Å². The Morgan fingerprint density at radius 1 is 1.27 bits per heavy atom. The Morgan fingerprint density at radius 2 is 1.73 bits per heavy atom. The molecule has 1 atom stereocenters. The van der Waals surface area contributed by atoms with Crippen molar-refractivity contribution in [2.75, 3.05) is 5.73 Å². The van der Waals surface area contributed by atoms with Crippen LogP contribution < -0.4 is 5.73 Å². The highest BCUT2D eigenvalue weighted by molar-refractivity contribution is 5.77. The van der Waals surface area contributed by atoms with Crippen LogP contribution >= 0.6 is 0 Å². The molecule has 0 bridgehead atoms. The molecule has 82 valence electrons. The number of aliphatic carboxylic acids is 1. The van der Waals surface area contributed by atoms with Gasteiger partial charge in [0.15, 0.2) is 0 Å². The van der Waals surface area contributed by atoms with E-state index in [0.29, 0.717) is 5.69 Å². The maximum absolute atomic E-state index is 11.2. The quantitative estimate of drug-likeness (QED) is 0.732. The average molecular weight is 207 g/mol. The monoisotopic (exact) mass is 207 g/mol. The number of nitrogen functional groups attached to an aromatic ring is 1. The largest absolute Gasteiger partial charge is 0.481 e. The average Bonchev–Trinajstić information content (AvgIpc) is 2.05. The van der Waals surface area contributed by atoms with Crippen molar-refractivity contribution in [1.29, 1.82) is 0 Å². The smallest absolute Gasteiger partial charge is 0.311 e. The second-order valence-electron chi connectivity index (χ2n) is 4.80. The van der Waals surface area contributed by atoms with Gasteiger partial charge in [0.25, 0.3) is 0 Å². The van der Waals surface area contributed by atoms with Crippen LogP contribution in [-0.2, 0) is 4.79 Å². The number of anilines is 1. The third kappa shape index (κ3) is 2.72. The van der Waals surface area contributed by atoms with Gasteiger partial charge in [-0.1, -0.05) is 32.9 Å². The van der Waals surface area contributed by atoms with Gasteiger partial charge in [0, 0.05) is 5.69 Å². The van der Waals surface area contributed by atoms with Crippen LogP contribution in [0.4, 0.5) is 5.69 Å². The molecular formula is C12H17NO2. The predicted molar refractivity (Wildman–Crippen MR) is 60.7 cm³/mol. The van der Waals surface area contributed by atoms with Crippen molar-refractivity contribution in [1.82, 2.24) is 0 Å². The van der Waals surface area contributed by atoms with Gasteiger partial charge < -0.3 is 10.8 Å². The second kappa shape index (κ2) is 3.93. The van der Waals surface area contributed by atoms with Crippen molar-refractivity contribution < 1.29 is 9.90 Å². The summed E-state index contributed by atoms with van der Waals surface area (Å²) in [6.07, 6.45) is 0. The number of carbonyl (C=O) groups is 1. The van der Waals surface area contributed by atoms with Crippen LogP contribution in [0.5, 0.6) is 0 Å². The Balaban J connectivity index is 3.11. The molecule has 0 aliphatic heterocycles. The summed E-state index contributed by atoms with van der Waals surface area (Å²) < 4.78 is 0. The highest BCUT2D eigenvalue weighted by Gasteiger charge is 2.32. The fraction of sp³-hybridized carbons (Fsp3) is 0.417. The van der Waals surface area contributed by atoms with Crippen LogP contribution in [0.25, 0.3) is 0 Å². The molecule has 3 heteroatoms. The number of rotatable bonds is 2. The van der Waals surface area contributed by atoms with Crippen molar-refractivity contribution in [2.45, 2.75) is 26.7 Å². The lowest BCUT2D eigenvalue weighted by atomic mass is 9.76. The van der Waals surface area contributed by atoms with Gasteiger partial charge >= 0.3 is 5.97 Å². The number of hydrogen-bond acceptors (Lipinski definition) is 2. The highest BCUT2D eigenvalue weighted by Crippen LogP contribution is 2.35. The summed E-state index contributed by atoms with van der Waals surface area (Å²) in [6.45, 7) is 5.76. The molecule has 1 aromatic rings. The zero-order valence-corrected chi connectivity index (χ0v) is 9.32. The Kier molecular flexibility index (Phi) is 3.03. The third-order valence-electron chi connectivity index (χ3n) is 2.38. The fourth-order valence-electron chi connectivity index (χ4n) is 1.70. The predicted octanol–water partition coefficient (Wildman–Crippen LogP) is 2.48. The van der Waals surface area contributed by atoms with E-state index < -0.39 is 11.9 Å². The van der Waals surface area contributed by atoms with Gasteiger partial charge in [0.1, 0.15) is 0 Å². The van der Waals surface area contributed by atoms with E-state index >= 15 is 0 Å². The maximum Gasteiger partial charge on any atom is 0.311 e.